The van der Waals surface area contributed by atoms with Crippen LogP contribution >= 0.6 is 0 Å². The van der Waals surface area contributed by atoms with E-state index >= 15 is 0 Å². The van der Waals surface area contributed by atoms with E-state index in [2.05, 4.69) is 5.32 Å². The molecule has 1 aliphatic rings. The van der Waals surface area contributed by atoms with Crippen LogP contribution in [0.25, 0.3) is 10.9 Å². The Morgan fingerprint density at radius 3 is 2.65 bits per heavy atom. The maximum atomic E-state index is 12.8. The number of rotatable bonds is 2. The smallest absolute Gasteiger partial charge is 0.346 e. The van der Waals surface area contributed by atoms with Crippen molar-refractivity contribution < 1.29 is 18.0 Å². The van der Waals surface area contributed by atoms with Crippen molar-refractivity contribution in [2.75, 3.05) is 5.32 Å². The fourth-order valence-corrected chi connectivity index (χ4v) is 3.29. The van der Waals surface area contributed by atoms with E-state index in [1.54, 1.807) is 12.1 Å². The third-order valence-electron chi connectivity index (χ3n) is 4.50. The van der Waals surface area contributed by atoms with Crippen LogP contribution in [-0.4, -0.2) is 10.5 Å². The van der Waals surface area contributed by atoms with E-state index in [0.29, 0.717) is 11.9 Å². The third kappa shape index (κ3) is 2.65. The lowest BCUT2D eigenvalue weighted by Crippen LogP contribution is -2.23. The Morgan fingerprint density at radius 1 is 1.12 bits per heavy atom. The van der Waals surface area contributed by atoms with Crippen LogP contribution in [0, 0.1) is 0 Å². The molecule has 2 heterocycles. The Kier molecular flexibility index (Phi) is 3.61. The number of carbonyl (C=O) groups is 1. The summed E-state index contributed by atoms with van der Waals surface area (Å²) in [5, 5.41) is 2.83. The number of alkyl halides is 3. The standard InChI is InChI=1S/C19H13F3N2O2/c20-19(21,22)12-4-2-5-13(9-12)23-18(26)15-10-24-8-7-11-3-1-6-14(16(11)24)17(15)25/h1-6,9-10H,7-8H2,(H,23,26). The maximum Gasteiger partial charge on any atom is 0.416 e. The first kappa shape index (κ1) is 16.4. The molecule has 0 saturated heterocycles. The van der Waals surface area contributed by atoms with Crippen molar-refractivity contribution in [2.45, 2.75) is 19.1 Å². The summed E-state index contributed by atoms with van der Waals surface area (Å²) in [5.41, 5.74) is 0.462. The summed E-state index contributed by atoms with van der Waals surface area (Å²) >= 11 is 0. The van der Waals surface area contributed by atoms with Crippen LogP contribution < -0.4 is 10.7 Å². The van der Waals surface area contributed by atoms with Gasteiger partial charge < -0.3 is 9.88 Å². The number of pyridine rings is 1. The molecule has 4 nitrogen and oxygen atoms in total. The number of para-hydroxylation sites is 1. The Balaban J connectivity index is 1.73. The Hall–Kier alpha value is -3.09. The summed E-state index contributed by atoms with van der Waals surface area (Å²) in [6.07, 6.45) is -2.26. The van der Waals surface area contributed by atoms with Crippen molar-refractivity contribution in [2.24, 2.45) is 0 Å². The van der Waals surface area contributed by atoms with Crippen molar-refractivity contribution in [3.63, 3.8) is 0 Å². The SMILES string of the molecule is O=C(Nc1cccc(C(F)(F)F)c1)c1cn2c3c(cccc3c1=O)CC2. The number of aromatic nitrogens is 1. The topological polar surface area (TPSA) is 51.1 Å². The minimum absolute atomic E-state index is 0.0144. The summed E-state index contributed by atoms with van der Waals surface area (Å²) in [7, 11) is 0. The molecule has 26 heavy (non-hydrogen) atoms. The lowest BCUT2D eigenvalue weighted by molar-refractivity contribution is -0.137. The maximum absolute atomic E-state index is 12.8. The van der Waals surface area contributed by atoms with Gasteiger partial charge in [-0.1, -0.05) is 18.2 Å². The second kappa shape index (κ2) is 5.72. The largest absolute Gasteiger partial charge is 0.416 e. The average molecular weight is 358 g/mol. The zero-order valence-corrected chi connectivity index (χ0v) is 13.4. The van der Waals surface area contributed by atoms with Crippen LogP contribution in [0.3, 0.4) is 0 Å². The second-order valence-corrected chi connectivity index (χ2v) is 6.16. The number of benzene rings is 2. The number of carbonyl (C=O) groups excluding carboxylic acids is 1. The molecule has 0 fully saturated rings. The lowest BCUT2D eigenvalue weighted by atomic mass is 10.1. The van der Waals surface area contributed by atoms with Gasteiger partial charge in [-0.15, -0.1) is 0 Å². The van der Waals surface area contributed by atoms with E-state index in [1.807, 2.05) is 10.6 Å². The molecule has 4 rings (SSSR count). The molecular weight excluding hydrogens is 345 g/mol. The van der Waals surface area contributed by atoms with Crippen molar-refractivity contribution in [3.8, 4) is 0 Å². The van der Waals surface area contributed by atoms with Gasteiger partial charge in [-0.2, -0.15) is 13.2 Å². The molecule has 1 N–H and O–H groups in total. The van der Waals surface area contributed by atoms with E-state index in [-0.39, 0.29) is 11.3 Å². The molecule has 7 heteroatoms. The number of anilines is 1. The lowest BCUT2D eigenvalue weighted by Gasteiger charge is -2.11. The Bertz CT molecular complexity index is 1100. The molecule has 0 bridgehead atoms. The van der Waals surface area contributed by atoms with Crippen LogP contribution in [0.1, 0.15) is 21.5 Å². The van der Waals surface area contributed by atoms with Gasteiger partial charge >= 0.3 is 6.18 Å². The van der Waals surface area contributed by atoms with Gasteiger partial charge in [-0.25, -0.2) is 0 Å². The number of amides is 1. The molecular formula is C19H13F3N2O2. The number of hydrogen-bond donors (Lipinski definition) is 1. The molecule has 3 aromatic rings. The van der Waals surface area contributed by atoms with Gasteiger partial charge in [0.05, 0.1) is 11.1 Å². The van der Waals surface area contributed by atoms with Crippen LogP contribution in [0.4, 0.5) is 18.9 Å². The highest BCUT2D eigenvalue weighted by atomic mass is 19.4. The Morgan fingerprint density at radius 2 is 1.88 bits per heavy atom. The van der Waals surface area contributed by atoms with Crippen LogP contribution in [0.15, 0.2) is 53.5 Å². The zero-order chi connectivity index (χ0) is 18.5. The molecule has 2 aromatic carbocycles. The van der Waals surface area contributed by atoms with E-state index in [4.69, 9.17) is 0 Å². The van der Waals surface area contributed by atoms with Gasteiger partial charge in [0.15, 0.2) is 0 Å². The highest BCUT2D eigenvalue weighted by Gasteiger charge is 2.30. The molecule has 1 aliphatic heterocycles. The molecule has 1 aromatic heterocycles. The van der Waals surface area contributed by atoms with Crippen LogP contribution in [0.2, 0.25) is 0 Å². The first-order chi connectivity index (χ1) is 12.3. The summed E-state index contributed by atoms with van der Waals surface area (Å²) < 4.78 is 40.3. The van der Waals surface area contributed by atoms with Gasteiger partial charge in [0, 0.05) is 23.8 Å². The summed E-state index contributed by atoms with van der Waals surface area (Å²) in [6.45, 7) is 0.653. The van der Waals surface area contributed by atoms with Crippen molar-refractivity contribution in [1.82, 2.24) is 4.57 Å². The molecule has 0 atom stereocenters. The normalized spacial score (nSPS) is 13.2. The average Bonchev–Trinajstić information content (AvgIpc) is 3.01. The van der Waals surface area contributed by atoms with E-state index in [1.165, 1.54) is 18.3 Å². The molecule has 1 amide bonds. The molecule has 0 saturated carbocycles. The summed E-state index contributed by atoms with van der Waals surface area (Å²) in [6, 6.07) is 9.68. The first-order valence-corrected chi connectivity index (χ1v) is 7.98. The third-order valence-corrected chi connectivity index (χ3v) is 4.50. The fourth-order valence-electron chi connectivity index (χ4n) is 3.29. The number of nitrogens with zero attached hydrogens (tertiary/aromatic N) is 1. The summed E-state index contributed by atoms with van der Waals surface area (Å²) in [4.78, 5) is 25.2. The van der Waals surface area contributed by atoms with Crippen molar-refractivity contribution in [1.29, 1.82) is 0 Å². The Labute approximate surface area is 145 Å². The number of hydrogen-bond acceptors (Lipinski definition) is 2. The second-order valence-electron chi connectivity index (χ2n) is 6.16. The monoisotopic (exact) mass is 358 g/mol. The van der Waals surface area contributed by atoms with Crippen molar-refractivity contribution >= 4 is 22.5 Å². The van der Waals surface area contributed by atoms with E-state index < -0.39 is 23.1 Å². The number of halogens is 3. The van der Waals surface area contributed by atoms with E-state index in [9.17, 15) is 22.8 Å². The van der Waals surface area contributed by atoms with Gasteiger partial charge in [0.2, 0.25) is 5.43 Å². The minimum Gasteiger partial charge on any atom is -0.346 e. The molecule has 0 spiro atoms. The molecule has 0 aliphatic carbocycles. The molecule has 132 valence electrons. The van der Waals surface area contributed by atoms with E-state index in [0.717, 1.165) is 29.6 Å². The minimum atomic E-state index is -4.51. The zero-order valence-electron chi connectivity index (χ0n) is 13.4. The van der Waals surface area contributed by atoms with Crippen molar-refractivity contribution in [3.05, 3.63) is 75.6 Å². The number of nitrogens with one attached hydrogen (secondary N) is 1. The van der Waals surface area contributed by atoms with Crippen LogP contribution in [-0.2, 0) is 19.1 Å². The predicted molar refractivity (Wildman–Crippen MR) is 91.3 cm³/mol. The number of aryl methyl sites for hydroxylation is 2. The summed E-state index contributed by atoms with van der Waals surface area (Å²) in [5.74, 6) is -0.725. The first-order valence-electron chi connectivity index (χ1n) is 7.98. The predicted octanol–water partition coefficient (Wildman–Crippen LogP) is 3.83. The fraction of sp³-hybridized carbons (Fsp3) is 0.158. The van der Waals surface area contributed by atoms with Gasteiger partial charge in [-0.3, -0.25) is 9.59 Å². The molecule has 0 radical (unpaired) electrons. The van der Waals surface area contributed by atoms with Gasteiger partial charge in [-0.05, 0) is 36.2 Å². The quantitative estimate of drug-likeness (QED) is 0.757. The van der Waals surface area contributed by atoms with Gasteiger partial charge in [0.1, 0.15) is 5.56 Å². The molecule has 0 unspecified atom stereocenters. The highest BCUT2D eigenvalue weighted by Crippen LogP contribution is 2.31. The highest BCUT2D eigenvalue weighted by molar-refractivity contribution is 6.06. The van der Waals surface area contributed by atoms with Crippen LogP contribution in [0.5, 0.6) is 0 Å². The van der Waals surface area contributed by atoms with Gasteiger partial charge in [0.25, 0.3) is 5.91 Å².